The van der Waals surface area contributed by atoms with Crippen molar-refractivity contribution in [2.24, 2.45) is 0 Å². The van der Waals surface area contributed by atoms with Crippen molar-refractivity contribution in [3.8, 4) is 0 Å². The zero-order chi connectivity index (χ0) is 13.8. The Morgan fingerprint density at radius 1 is 1.21 bits per heavy atom. The molecule has 0 saturated carbocycles. The number of nitrogens with one attached hydrogen (secondary N) is 1. The molecule has 1 aromatic heterocycles. The van der Waals surface area contributed by atoms with E-state index in [1.165, 1.54) is 6.07 Å². The summed E-state index contributed by atoms with van der Waals surface area (Å²) in [6.45, 7) is 3.08. The summed E-state index contributed by atoms with van der Waals surface area (Å²) in [4.78, 5) is 4.13. The van der Waals surface area contributed by atoms with Gasteiger partial charge in [0, 0.05) is 18.9 Å². The van der Waals surface area contributed by atoms with E-state index in [-0.39, 0.29) is 12.2 Å². The van der Waals surface area contributed by atoms with E-state index >= 15 is 0 Å². The van der Waals surface area contributed by atoms with Crippen LogP contribution in [0.25, 0.3) is 0 Å². The van der Waals surface area contributed by atoms with Crippen LogP contribution in [0, 0.1) is 17.5 Å². The van der Waals surface area contributed by atoms with Crippen molar-refractivity contribution in [1.82, 2.24) is 9.55 Å². The fraction of sp³-hybridized carbons (Fsp3) is 0.308. The molecule has 0 amide bonds. The summed E-state index contributed by atoms with van der Waals surface area (Å²) < 4.78 is 41.2. The third-order valence-electron chi connectivity index (χ3n) is 2.74. The Balaban J connectivity index is 2.10. The second-order valence-electron chi connectivity index (χ2n) is 4.11. The number of nitrogens with zero attached hydrogens (tertiary/aromatic N) is 2. The lowest BCUT2D eigenvalue weighted by Gasteiger charge is -2.10. The smallest absolute Gasteiger partial charge is 0.196 e. The first-order valence-corrected chi connectivity index (χ1v) is 6.01. The lowest BCUT2D eigenvalue weighted by Crippen LogP contribution is -2.10. The third-order valence-corrected chi connectivity index (χ3v) is 2.74. The minimum absolute atomic E-state index is 0.0788. The minimum atomic E-state index is -1.47. The Morgan fingerprint density at radius 2 is 2.00 bits per heavy atom. The van der Waals surface area contributed by atoms with Crippen molar-refractivity contribution in [3.05, 3.63) is 47.8 Å². The molecule has 2 rings (SSSR count). The van der Waals surface area contributed by atoms with Gasteiger partial charge >= 0.3 is 0 Å². The Hall–Kier alpha value is -1.98. The van der Waals surface area contributed by atoms with Crippen LogP contribution in [0.4, 0.5) is 18.9 Å². The fourth-order valence-corrected chi connectivity index (χ4v) is 1.79. The molecule has 0 bridgehead atoms. The molecule has 19 heavy (non-hydrogen) atoms. The van der Waals surface area contributed by atoms with Crippen LogP contribution in [0.1, 0.15) is 19.2 Å². The van der Waals surface area contributed by atoms with Gasteiger partial charge in [0.2, 0.25) is 0 Å². The Kier molecular flexibility index (Phi) is 4.09. The molecule has 0 spiro atoms. The Bertz CT molecular complexity index is 566. The molecule has 1 heterocycles. The van der Waals surface area contributed by atoms with Gasteiger partial charge in [-0.25, -0.2) is 18.2 Å². The van der Waals surface area contributed by atoms with Crippen molar-refractivity contribution >= 4 is 5.69 Å². The van der Waals surface area contributed by atoms with E-state index < -0.39 is 17.5 Å². The van der Waals surface area contributed by atoms with Crippen molar-refractivity contribution in [1.29, 1.82) is 0 Å². The minimum Gasteiger partial charge on any atom is -0.375 e. The highest BCUT2D eigenvalue weighted by Crippen LogP contribution is 2.20. The molecule has 0 aliphatic heterocycles. The van der Waals surface area contributed by atoms with E-state index in [4.69, 9.17) is 0 Å². The number of benzene rings is 1. The number of imidazole rings is 1. The molecule has 1 N–H and O–H groups in total. The molecule has 0 atom stereocenters. The molecule has 0 fully saturated rings. The van der Waals surface area contributed by atoms with E-state index in [9.17, 15) is 13.2 Å². The van der Waals surface area contributed by atoms with Gasteiger partial charge in [-0.3, -0.25) is 0 Å². The largest absolute Gasteiger partial charge is 0.375 e. The van der Waals surface area contributed by atoms with Gasteiger partial charge in [0.05, 0.1) is 12.2 Å². The van der Waals surface area contributed by atoms with Crippen LogP contribution in [-0.4, -0.2) is 9.55 Å². The summed E-state index contributed by atoms with van der Waals surface area (Å²) in [5.41, 5.74) is -0.0788. The molecule has 102 valence electrons. The van der Waals surface area contributed by atoms with Crippen LogP contribution in [0.2, 0.25) is 0 Å². The van der Waals surface area contributed by atoms with Crippen LogP contribution in [-0.2, 0) is 13.1 Å². The highest BCUT2D eigenvalue weighted by molar-refractivity contribution is 5.45. The summed E-state index contributed by atoms with van der Waals surface area (Å²) in [5, 5.41) is 2.72. The van der Waals surface area contributed by atoms with Gasteiger partial charge in [0.25, 0.3) is 0 Å². The fourth-order valence-electron chi connectivity index (χ4n) is 1.79. The van der Waals surface area contributed by atoms with Gasteiger partial charge in [-0.05, 0) is 18.6 Å². The third kappa shape index (κ3) is 2.89. The predicted molar refractivity (Wildman–Crippen MR) is 66.2 cm³/mol. The second-order valence-corrected chi connectivity index (χ2v) is 4.11. The molecule has 3 nitrogen and oxygen atoms in total. The number of hydrogen-bond acceptors (Lipinski definition) is 2. The first-order valence-electron chi connectivity index (χ1n) is 6.01. The van der Waals surface area contributed by atoms with E-state index in [1.54, 1.807) is 6.20 Å². The number of aryl methyl sites for hydroxylation is 1. The van der Waals surface area contributed by atoms with Crippen LogP contribution in [0.3, 0.4) is 0 Å². The number of anilines is 1. The summed E-state index contributed by atoms with van der Waals surface area (Å²) >= 11 is 0. The first kappa shape index (κ1) is 13.5. The molecular weight excluding hydrogens is 255 g/mol. The standard InChI is InChI=1S/C13H14F3N3/c1-2-6-19-7-5-17-11(19)8-18-10-4-3-9(14)12(15)13(10)16/h3-5,7,18H,2,6,8H2,1H3. The van der Waals surface area contributed by atoms with Gasteiger partial charge in [0.15, 0.2) is 17.5 Å². The zero-order valence-corrected chi connectivity index (χ0v) is 10.5. The lowest BCUT2D eigenvalue weighted by molar-refractivity contribution is 0.449. The Morgan fingerprint density at radius 3 is 2.74 bits per heavy atom. The zero-order valence-electron chi connectivity index (χ0n) is 10.5. The second kappa shape index (κ2) is 5.77. The average molecular weight is 269 g/mol. The topological polar surface area (TPSA) is 29.9 Å². The average Bonchev–Trinajstić information content (AvgIpc) is 2.83. The van der Waals surface area contributed by atoms with Crippen molar-refractivity contribution < 1.29 is 13.2 Å². The van der Waals surface area contributed by atoms with Crippen LogP contribution >= 0.6 is 0 Å². The summed E-state index contributed by atoms with van der Waals surface area (Å²) in [5.74, 6) is -3.17. The monoisotopic (exact) mass is 269 g/mol. The summed E-state index contributed by atoms with van der Waals surface area (Å²) in [6, 6.07) is 2.06. The lowest BCUT2D eigenvalue weighted by atomic mass is 10.3. The van der Waals surface area contributed by atoms with Crippen molar-refractivity contribution in [2.75, 3.05) is 5.32 Å². The Labute approximate surface area is 109 Å². The van der Waals surface area contributed by atoms with E-state index in [0.29, 0.717) is 5.82 Å². The maximum atomic E-state index is 13.4. The normalized spacial score (nSPS) is 10.7. The van der Waals surface area contributed by atoms with Gasteiger partial charge in [0.1, 0.15) is 5.82 Å². The molecule has 0 aliphatic carbocycles. The molecule has 0 radical (unpaired) electrons. The van der Waals surface area contributed by atoms with Gasteiger partial charge < -0.3 is 9.88 Å². The maximum Gasteiger partial charge on any atom is 0.196 e. The maximum absolute atomic E-state index is 13.4. The van der Waals surface area contributed by atoms with Crippen LogP contribution in [0.5, 0.6) is 0 Å². The molecule has 0 unspecified atom stereocenters. The van der Waals surface area contributed by atoms with Gasteiger partial charge in [-0.2, -0.15) is 0 Å². The molecule has 0 aliphatic rings. The molecule has 0 saturated heterocycles. The number of hydrogen-bond donors (Lipinski definition) is 1. The van der Waals surface area contributed by atoms with Gasteiger partial charge in [-0.15, -0.1) is 0 Å². The predicted octanol–water partition coefficient (Wildman–Crippen LogP) is 3.32. The van der Waals surface area contributed by atoms with Crippen LogP contribution < -0.4 is 5.32 Å². The highest BCUT2D eigenvalue weighted by Gasteiger charge is 2.13. The van der Waals surface area contributed by atoms with Crippen molar-refractivity contribution in [2.45, 2.75) is 26.4 Å². The van der Waals surface area contributed by atoms with Crippen molar-refractivity contribution in [3.63, 3.8) is 0 Å². The number of halogens is 3. The molecular formula is C13H14F3N3. The quantitative estimate of drug-likeness (QED) is 0.844. The molecule has 6 heteroatoms. The highest BCUT2D eigenvalue weighted by atomic mass is 19.2. The van der Waals surface area contributed by atoms with Gasteiger partial charge in [-0.1, -0.05) is 6.92 Å². The van der Waals surface area contributed by atoms with Crippen LogP contribution in [0.15, 0.2) is 24.5 Å². The summed E-state index contributed by atoms with van der Waals surface area (Å²) in [7, 11) is 0. The number of rotatable bonds is 5. The number of aromatic nitrogens is 2. The summed E-state index contributed by atoms with van der Waals surface area (Å²) in [6.07, 6.45) is 4.42. The molecule has 1 aromatic carbocycles. The first-order chi connectivity index (χ1) is 9.13. The van der Waals surface area contributed by atoms with E-state index in [0.717, 1.165) is 19.0 Å². The molecule has 2 aromatic rings. The SMILES string of the molecule is CCCn1ccnc1CNc1ccc(F)c(F)c1F. The van der Waals surface area contributed by atoms with E-state index in [1.807, 2.05) is 17.7 Å². The van der Waals surface area contributed by atoms with E-state index in [2.05, 4.69) is 10.3 Å².